The van der Waals surface area contributed by atoms with Crippen LogP contribution in [0.15, 0.2) is 10.4 Å². The van der Waals surface area contributed by atoms with Crippen molar-refractivity contribution in [3.05, 3.63) is 15.9 Å². The minimum atomic E-state index is 0.118. The van der Waals surface area contributed by atoms with Crippen molar-refractivity contribution in [2.24, 2.45) is 22.7 Å². The Kier molecular flexibility index (Phi) is 5.61. The molecule has 5 aliphatic rings. The molecule has 29 heavy (non-hydrogen) atoms. The highest BCUT2D eigenvalue weighted by Gasteiger charge is 2.51. The summed E-state index contributed by atoms with van der Waals surface area (Å²) in [5, 5.41) is 5.72. The van der Waals surface area contributed by atoms with Gasteiger partial charge in [-0.15, -0.1) is 11.3 Å². The van der Waals surface area contributed by atoms with Gasteiger partial charge in [0.15, 0.2) is 4.80 Å². The maximum Gasteiger partial charge on any atom is 0.226 e. The summed E-state index contributed by atoms with van der Waals surface area (Å²) in [6.45, 7) is 3.08. The van der Waals surface area contributed by atoms with E-state index >= 15 is 0 Å². The lowest BCUT2D eigenvalue weighted by Crippen LogP contribution is -2.60. The van der Waals surface area contributed by atoms with Crippen molar-refractivity contribution in [2.45, 2.75) is 109 Å². The molecular weight excluding hydrogens is 378 g/mol. The second kappa shape index (κ2) is 8.20. The molecule has 6 rings (SSSR count). The lowest BCUT2D eigenvalue weighted by atomic mass is 9.53. The van der Waals surface area contributed by atoms with Crippen LogP contribution in [0.2, 0.25) is 0 Å². The first kappa shape index (κ1) is 19.8. The quantitative estimate of drug-likeness (QED) is 0.689. The van der Waals surface area contributed by atoms with E-state index in [-0.39, 0.29) is 11.4 Å². The molecular formula is C24H37N3OS. The Hall–Kier alpha value is -1.10. The first-order chi connectivity index (χ1) is 14.1. The van der Waals surface area contributed by atoms with Gasteiger partial charge in [0.25, 0.3) is 0 Å². The van der Waals surface area contributed by atoms with Gasteiger partial charge in [0.1, 0.15) is 0 Å². The Morgan fingerprint density at radius 1 is 1.10 bits per heavy atom. The van der Waals surface area contributed by atoms with Crippen molar-refractivity contribution in [1.29, 1.82) is 0 Å². The first-order valence-electron chi connectivity index (χ1n) is 12.1. The summed E-state index contributed by atoms with van der Waals surface area (Å²) >= 11 is 1.73. The Balaban J connectivity index is 1.28. The maximum atomic E-state index is 13.1. The van der Waals surface area contributed by atoms with E-state index in [1.807, 2.05) is 0 Å². The number of hydrogen-bond acceptors (Lipinski definition) is 3. The van der Waals surface area contributed by atoms with Crippen LogP contribution in [0.25, 0.3) is 0 Å². The third-order valence-corrected chi connectivity index (χ3v) is 9.02. The van der Waals surface area contributed by atoms with Gasteiger partial charge in [-0.3, -0.25) is 9.79 Å². The average Bonchev–Trinajstić information content (AvgIpc) is 2.85. The number of carbonyl (C=O) groups is 1. The SMILES string of the molecule is CCn1c(CC(=O)NC23CC4CC(CC(C4)C2)C3)csc1=NC1CCCCCC1. The van der Waals surface area contributed by atoms with Crippen LogP contribution in [-0.4, -0.2) is 22.1 Å². The summed E-state index contributed by atoms with van der Waals surface area (Å²) in [4.78, 5) is 19.3. The van der Waals surface area contributed by atoms with Gasteiger partial charge in [-0.1, -0.05) is 25.7 Å². The normalized spacial score (nSPS) is 35.1. The van der Waals surface area contributed by atoms with E-state index in [1.54, 1.807) is 11.3 Å². The van der Waals surface area contributed by atoms with Crippen LogP contribution >= 0.6 is 11.3 Å². The van der Waals surface area contributed by atoms with Crippen molar-refractivity contribution in [1.82, 2.24) is 9.88 Å². The molecule has 5 aliphatic carbocycles. The molecule has 4 nitrogen and oxygen atoms in total. The predicted molar refractivity (Wildman–Crippen MR) is 118 cm³/mol. The molecule has 160 valence electrons. The third kappa shape index (κ3) is 4.22. The minimum Gasteiger partial charge on any atom is -0.350 e. The molecule has 1 heterocycles. The van der Waals surface area contributed by atoms with Crippen molar-refractivity contribution in [2.75, 3.05) is 0 Å². The smallest absolute Gasteiger partial charge is 0.226 e. The molecule has 0 saturated heterocycles. The lowest BCUT2D eigenvalue weighted by molar-refractivity contribution is -0.126. The average molecular weight is 416 g/mol. The number of amides is 1. The highest BCUT2D eigenvalue weighted by molar-refractivity contribution is 7.07. The fraction of sp³-hybridized carbons (Fsp3) is 0.833. The fourth-order valence-corrected chi connectivity index (χ4v) is 8.29. The number of hydrogen-bond donors (Lipinski definition) is 1. The molecule has 0 unspecified atom stereocenters. The largest absolute Gasteiger partial charge is 0.350 e. The van der Waals surface area contributed by atoms with Gasteiger partial charge in [-0.25, -0.2) is 0 Å². The Bertz CT molecular complexity index is 764. The van der Waals surface area contributed by atoms with Crippen LogP contribution in [0.5, 0.6) is 0 Å². The molecule has 0 aliphatic heterocycles. The van der Waals surface area contributed by atoms with Gasteiger partial charge in [-0.2, -0.15) is 0 Å². The second-order valence-electron chi connectivity index (χ2n) is 10.5. The summed E-state index contributed by atoms with van der Waals surface area (Å²) in [5.74, 6) is 2.84. The van der Waals surface area contributed by atoms with E-state index < -0.39 is 0 Å². The molecule has 5 fully saturated rings. The molecule has 0 radical (unpaired) electrons. The number of nitrogens with one attached hydrogen (secondary N) is 1. The molecule has 5 saturated carbocycles. The zero-order chi connectivity index (χ0) is 19.8. The third-order valence-electron chi connectivity index (χ3n) is 8.10. The van der Waals surface area contributed by atoms with Crippen LogP contribution in [0.3, 0.4) is 0 Å². The summed E-state index contributed by atoms with van der Waals surface area (Å²) in [6, 6.07) is 0.475. The van der Waals surface area contributed by atoms with E-state index in [0.717, 1.165) is 34.8 Å². The number of rotatable bonds is 5. The van der Waals surface area contributed by atoms with Crippen molar-refractivity contribution < 1.29 is 4.79 Å². The summed E-state index contributed by atoms with van der Waals surface area (Å²) in [6.07, 6.45) is 16.2. The van der Waals surface area contributed by atoms with E-state index in [9.17, 15) is 4.79 Å². The van der Waals surface area contributed by atoms with Crippen molar-refractivity contribution >= 4 is 17.2 Å². The van der Waals surface area contributed by atoms with E-state index in [0.29, 0.717) is 12.5 Å². The number of thiazole rings is 1. The van der Waals surface area contributed by atoms with Gasteiger partial charge in [0.05, 0.1) is 12.5 Å². The van der Waals surface area contributed by atoms with E-state index in [2.05, 4.69) is 22.2 Å². The predicted octanol–water partition coefficient (Wildman–Crippen LogP) is 4.82. The number of carbonyl (C=O) groups excluding carboxylic acids is 1. The molecule has 1 aromatic rings. The van der Waals surface area contributed by atoms with Crippen molar-refractivity contribution in [3.63, 3.8) is 0 Å². The highest BCUT2D eigenvalue weighted by Crippen LogP contribution is 2.55. The Morgan fingerprint density at radius 3 is 2.31 bits per heavy atom. The zero-order valence-electron chi connectivity index (χ0n) is 18.0. The summed E-state index contributed by atoms with van der Waals surface area (Å²) in [5.41, 5.74) is 1.26. The fourth-order valence-electron chi connectivity index (χ4n) is 7.26. The maximum absolute atomic E-state index is 13.1. The topological polar surface area (TPSA) is 46.4 Å². The van der Waals surface area contributed by atoms with Crippen LogP contribution < -0.4 is 10.1 Å². The molecule has 1 amide bonds. The first-order valence-corrected chi connectivity index (χ1v) is 13.0. The van der Waals surface area contributed by atoms with Gasteiger partial charge < -0.3 is 9.88 Å². The summed E-state index contributed by atoms with van der Waals surface area (Å²) in [7, 11) is 0. The molecule has 0 atom stereocenters. The van der Waals surface area contributed by atoms with Gasteiger partial charge >= 0.3 is 0 Å². The standard InChI is InChI=1S/C24H37N3OS/c1-2-27-21(16-29-23(27)25-20-7-5-3-4-6-8-20)12-22(28)26-24-13-17-9-18(14-24)11-19(10-17)15-24/h16-20H,2-15H2,1H3,(H,26,28). The zero-order valence-corrected chi connectivity index (χ0v) is 18.8. The van der Waals surface area contributed by atoms with Crippen LogP contribution in [0, 0.1) is 17.8 Å². The monoisotopic (exact) mass is 415 g/mol. The molecule has 5 heteroatoms. The van der Waals surface area contributed by atoms with Gasteiger partial charge in [0, 0.05) is 23.2 Å². The highest BCUT2D eigenvalue weighted by atomic mass is 32.1. The van der Waals surface area contributed by atoms with E-state index in [1.165, 1.54) is 77.0 Å². The Labute approximate surface area is 179 Å². The van der Waals surface area contributed by atoms with E-state index in [4.69, 9.17) is 4.99 Å². The molecule has 0 spiro atoms. The number of aromatic nitrogens is 1. The summed E-state index contributed by atoms with van der Waals surface area (Å²) < 4.78 is 2.29. The number of nitrogens with zero attached hydrogens (tertiary/aromatic N) is 2. The molecule has 1 aromatic heterocycles. The molecule has 1 N–H and O–H groups in total. The van der Waals surface area contributed by atoms with Crippen molar-refractivity contribution in [3.8, 4) is 0 Å². The van der Waals surface area contributed by atoms with Crippen LogP contribution in [0.1, 0.15) is 89.7 Å². The molecule has 4 bridgehead atoms. The van der Waals surface area contributed by atoms with Gasteiger partial charge in [0.2, 0.25) is 5.91 Å². The second-order valence-corrected chi connectivity index (χ2v) is 11.3. The minimum absolute atomic E-state index is 0.118. The van der Waals surface area contributed by atoms with Gasteiger partial charge in [-0.05, 0) is 76.0 Å². The van der Waals surface area contributed by atoms with Crippen LogP contribution in [-0.2, 0) is 17.8 Å². The lowest BCUT2D eigenvalue weighted by Gasteiger charge is -2.56. The molecule has 0 aromatic carbocycles. The Morgan fingerprint density at radius 2 is 1.72 bits per heavy atom. The van der Waals surface area contributed by atoms with Crippen LogP contribution in [0.4, 0.5) is 0 Å².